The van der Waals surface area contributed by atoms with Crippen molar-refractivity contribution >= 4 is 19.0 Å². The van der Waals surface area contributed by atoms with E-state index in [0.717, 1.165) is 13.0 Å². The molecule has 4 aliphatic rings. The lowest BCUT2D eigenvalue weighted by molar-refractivity contribution is -0.00471. The van der Waals surface area contributed by atoms with E-state index < -0.39 is 8.07 Å². The van der Waals surface area contributed by atoms with Crippen LogP contribution in [0.2, 0.25) is 18.1 Å². The van der Waals surface area contributed by atoms with Crippen LogP contribution in [-0.2, 0) is 11.8 Å². The highest BCUT2D eigenvalue weighted by molar-refractivity contribution is 6.82. The highest BCUT2D eigenvalue weighted by Crippen LogP contribution is 2.65. The summed E-state index contributed by atoms with van der Waals surface area (Å²) < 4.78 is 8.63. The molecule has 7 rings (SSSR count). The number of ether oxygens (including phenoxy) is 1. The first-order valence-electron chi connectivity index (χ1n) is 19.8. The number of hydrogen-bond donors (Lipinski definition) is 0. The lowest BCUT2D eigenvalue weighted by atomic mass is 9.81. The van der Waals surface area contributed by atoms with E-state index in [2.05, 4.69) is 137 Å². The fourth-order valence-electron chi connectivity index (χ4n) is 10.6. The number of nitrogens with zero attached hydrogens (tertiary/aromatic N) is 1. The summed E-state index contributed by atoms with van der Waals surface area (Å²) in [7, 11) is 0.228. The first-order chi connectivity index (χ1) is 23.7. The summed E-state index contributed by atoms with van der Waals surface area (Å²) in [6.07, 6.45) is 29.6. The van der Waals surface area contributed by atoms with Crippen molar-refractivity contribution in [3.05, 3.63) is 108 Å². The molecule has 0 spiro atoms. The van der Waals surface area contributed by atoms with Gasteiger partial charge in [-0.1, -0.05) is 149 Å². The zero-order valence-corrected chi connectivity index (χ0v) is 32.3. The summed E-state index contributed by atoms with van der Waals surface area (Å²) >= 11 is 0. The highest BCUT2D eigenvalue weighted by atomic mass is 28.3. The molecule has 0 aliphatic heterocycles. The van der Waals surface area contributed by atoms with Gasteiger partial charge in [-0.3, -0.25) is 0 Å². The van der Waals surface area contributed by atoms with Gasteiger partial charge in [-0.2, -0.15) is 0 Å². The summed E-state index contributed by atoms with van der Waals surface area (Å²) in [5.41, 5.74) is 10.4. The highest BCUT2D eigenvalue weighted by Gasteiger charge is 2.59. The summed E-state index contributed by atoms with van der Waals surface area (Å²) in [6, 6.07) is 20.2. The largest absolute Gasteiger partial charge is 0.376 e. The predicted molar refractivity (Wildman–Crippen MR) is 213 cm³/mol. The van der Waals surface area contributed by atoms with Crippen LogP contribution in [0.3, 0.4) is 0 Å². The van der Waals surface area contributed by atoms with Crippen LogP contribution in [0.5, 0.6) is 0 Å². The van der Waals surface area contributed by atoms with E-state index in [1.54, 1.807) is 16.7 Å². The number of hydrogen-bond acceptors (Lipinski definition) is 1. The van der Waals surface area contributed by atoms with E-state index in [9.17, 15) is 0 Å². The van der Waals surface area contributed by atoms with Gasteiger partial charge in [0.15, 0.2) is 0 Å². The number of fused-ring (bicyclic) bond motifs is 8. The molecule has 3 heteroatoms. The van der Waals surface area contributed by atoms with Crippen LogP contribution in [0.25, 0.3) is 22.2 Å². The average Bonchev–Trinajstić information content (AvgIpc) is 3.72. The second-order valence-corrected chi connectivity index (χ2v) is 21.8. The summed E-state index contributed by atoms with van der Waals surface area (Å²) in [6.45, 7) is 12.6. The molecule has 4 aliphatic carbocycles. The molecular weight excluding hydrogens is 611 g/mol. The smallest absolute Gasteiger partial charge is 0.0678 e. The topological polar surface area (TPSA) is 14.2 Å². The summed E-state index contributed by atoms with van der Waals surface area (Å²) in [5.74, 6) is 2.46. The maximum Gasteiger partial charge on any atom is 0.0678 e. The van der Waals surface area contributed by atoms with E-state index in [1.807, 2.05) is 0 Å². The molecule has 2 aromatic carbocycles. The minimum absolute atomic E-state index is 0.0498. The molecule has 0 radical (unpaired) electrons. The monoisotopic (exact) mass is 671 g/mol. The molecule has 0 bridgehead atoms. The normalized spacial score (nSPS) is 26.4. The average molecular weight is 672 g/mol. The molecule has 2 nitrogen and oxygen atoms in total. The third-order valence-corrected chi connectivity index (χ3v) is 18.4. The Kier molecular flexibility index (Phi) is 10.1. The summed E-state index contributed by atoms with van der Waals surface area (Å²) in [4.78, 5) is 0. The van der Waals surface area contributed by atoms with Crippen LogP contribution >= 0.6 is 0 Å². The molecule has 0 N–H and O–H groups in total. The maximum atomic E-state index is 6.11. The molecule has 260 valence electrons. The van der Waals surface area contributed by atoms with Crippen molar-refractivity contribution in [1.29, 1.82) is 0 Å². The number of para-hydroxylation sites is 1. The van der Waals surface area contributed by atoms with E-state index >= 15 is 0 Å². The number of unbranched alkanes of at least 4 members (excludes halogenated alkanes) is 6. The van der Waals surface area contributed by atoms with Crippen LogP contribution in [0.1, 0.15) is 102 Å². The molecule has 1 heterocycles. The van der Waals surface area contributed by atoms with Gasteiger partial charge in [0, 0.05) is 35.7 Å². The second-order valence-electron chi connectivity index (χ2n) is 17.0. The molecule has 1 aromatic heterocycles. The third-order valence-electron chi connectivity index (χ3n) is 12.7. The molecule has 1 saturated carbocycles. The molecule has 3 aromatic rings. The van der Waals surface area contributed by atoms with Crippen molar-refractivity contribution in [1.82, 2.24) is 4.57 Å². The van der Waals surface area contributed by atoms with Crippen molar-refractivity contribution in [2.75, 3.05) is 6.61 Å². The Bertz CT molecular complexity index is 1750. The number of aryl methyl sites for hydroxylation is 1. The Hall–Kier alpha value is -2.88. The summed E-state index contributed by atoms with van der Waals surface area (Å²) in [5, 5.41) is 1.49. The van der Waals surface area contributed by atoms with Crippen LogP contribution in [0.4, 0.5) is 0 Å². The second kappa shape index (κ2) is 14.4. The quantitative estimate of drug-likeness (QED) is 0.123. The lowest BCUT2D eigenvalue weighted by Gasteiger charge is -2.45. The molecular formula is C46H61NOSi. The van der Waals surface area contributed by atoms with Crippen molar-refractivity contribution in [2.24, 2.45) is 30.7 Å². The number of aromatic nitrogens is 1. The first kappa shape index (κ1) is 34.6. The Morgan fingerprint density at radius 3 is 2.31 bits per heavy atom. The zero-order valence-electron chi connectivity index (χ0n) is 31.3. The molecule has 0 amide bonds. The zero-order chi connectivity index (χ0) is 34.2. The Morgan fingerprint density at radius 1 is 0.776 bits per heavy atom. The fourth-order valence-corrected chi connectivity index (χ4v) is 17.0. The predicted octanol–water partition coefficient (Wildman–Crippen LogP) is 12.7. The molecule has 0 saturated heterocycles. The Morgan fingerprint density at radius 2 is 1.49 bits per heavy atom. The number of rotatable bonds is 14. The third kappa shape index (κ3) is 6.56. The van der Waals surface area contributed by atoms with Gasteiger partial charge >= 0.3 is 0 Å². The van der Waals surface area contributed by atoms with Crippen LogP contribution < -0.4 is 0 Å². The van der Waals surface area contributed by atoms with Gasteiger partial charge in [0.25, 0.3) is 0 Å². The van der Waals surface area contributed by atoms with Gasteiger partial charge < -0.3 is 9.30 Å². The number of benzene rings is 2. The van der Waals surface area contributed by atoms with Crippen molar-refractivity contribution in [2.45, 2.75) is 115 Å². The fraction of sp³-hybridized carbons (Fsp3) is 0.522. The SMILES string of the molecule is CCCCCCC1=CC2C(C=C1)C1C=CC=CC1C2[Si](C)(CCCCCCOC(C)(C)C)C1c2ccccc2-c2c1c1ccccc1n2C. The van der Waals surface area contributed by atoms with Crippen molar-refractivity contribution < 1.29 is 4.74 Å². The minimum Gasteiger partial charge on any atom is -0.376 e. The lowest BCUT2D eigenvalue weighted by Crippen LogP contribution is -2.47. The van der Waals surface area contributed by atoms with Crippen LogP contribution in [-0.4, -0.2) is 24.8 Å². The van der Waals surface area contributed by atoms with Gasteiger partial charge in [-0.05, 0) is 86.4 Å². The first-order valence-corrected chi connectivity index (χ1v) is 22.6. The Labute approximate surface area is 298 Å². The van der Waals surface area contributed by atoms with Gasteiger partial charge in [0.2, 0.25) is 0 Å². The van der Waals surface area contributed by atoms with E-state index in [-0.39, 0.29) is 5.60 Å². The molecule has 7 unspecified atom stereocenters. The van der Waals surface area contributed by atoms with E-state index in [4.69, 9.17) is 4.74 Å². The molecule has 7 atom stereocenters. The molecule has 1 fully saturated rings. The van der Waals surface area contributed by atoms with Gasteiger partial charge in [0.05, 0.1) is 19.4 Å². The van der Waals surface area contributed by atoms with E-state index in [0.29, 0.717) is 34.8 Å². The number of allylic oxidation sites excluding steroid dienone is 8. The van der Waals surface area contributed by atoms with Gasteiger partial charge in [-0.25, -0.2) is 0 Å². The van der Waals surface area contributed by atoms with Gasteiger partial charge in [-0.15, -0.1) is 0 Å². The maximum absolute atomic E-state index is 6.11. The Balaban J connectivity index is 1.30. The van der Waals surface area contributed by atoms with E-state index in [1.165, 1.54) is 79.6 Å². The standard InChI is InChI=1S/C46H61NOSi/c1-7-8-9-12-21-33-28-29-35-34-22-13-15-24-37(34)44(40(35)32-33)49(6,31-20-11-10-19-30-48-46(2,3)4)45-38-25-16-14-23-36(38)43-42(45)39-26-17-18-27-41(39)47(43)5/h13-18,22-29,32,34-35,37,40,44-45H,7-12,19-21,30-31H2,1-6H3. The van der Waals surface area contributed by atoms with Crippen LogP contribution in [0.15, 0.2) is 96.6 Å². The molecule has 49 heavy (non-hydrogen) atoms. The minimum atomic E-state index is -2.09. The van der Waals surface area contributed by atoms with Gasteiger partial charge in [0.1, 0.15) is 0 Å². The van der Waals surface area contributed by atoms with Crippen LogP contribution in [0, 0.1) is 23.7 Å². The van der Waals surface area contributed by atoms with Crippen molar-refractivity contribution in [3.8, 4) is 11.3 Å². The van der Waals surface area contributed by atoms with Crippen molar-refractivity contribution in [3.63, 3.8) is 0 Å².